The van der Waals surface area contributed by atoms with Crippen LogP contribution in [0.2, 0.25) is 0 Å². The third kappa shape index (κ3) is 2.66. The lowest BCUT2D eigenvalue weighted by Gasteiger charge is -2.28. The van der Waals surface area contributed by atoms with Crippen LogP contribution in [0.1, 0.15) is 29.9 Å². The molecule has 5 rings (SSSR count). The molecule has 7 heteroatoms. The lowest BCUT2D eigenvalue weighted by atomic mass is 9.83. The molecule has 2 aliphatic heterocycles. The molecule has 1 unspecified atom stereocenters. The standard InChI is InChI=1S/C20H19N3O4/c1-25-17-9-19-18(26-3-2-4-27-19)6-14(17)12-7-20(24)22-16-8-15-11(5-13(12)16)10-21-23-15/h5-6,8-10,12H,2-4,7H2,1H3,(H,21,23)(H,22,24). The van der Waals surface area contributed by atoms with Gasteiger partial charge in [-0.2, -0.15) is 5.10 Å². The summed E-state index contributed by atoms with van der Waals surface area (Å²) < 4.78 is 17.3. The zero-order chi connectivity index (χ0) is 18.4. The van der Waals surface area contributed by atoms with Gasteiger partial charge in [0.1, 0.15) is 5.75 Å². The molecule has 0 aliphatic carbocycles. The summed E-state index contributed by atoms with van der Waals surface area (Å²) in [5, 5.41) is 11.0. The highest BCUT2D eigenvalue weighted by atomic mass is 16.5. The summed E-state index contributed by atoms with van der Waals surface area (Å²) in [5.41, 5.74) is 3.64. The van der Waals surface area contributed by atoms with Gasteiger partial charge in [-0.15, -0.1) is 0 Å². The second-order valence-corrected chi connectivity index (χ2v) is 6.79. The first-order chi connectivity index (χ1) is 13.2. The number of fused-ring (bicyclic) bond motifs is 3. The molecule has 27 heavy (non-hydrogen) atoms. The van der Waals surface area contributed by atoms with Gasteiger partial charge in [0, 0.05) is 41.5 Å². The van der Waals surface area contributed by atoms with Crippen molar-refractivity contribution >= 4 is 22.5 Å². The van der Waals surface area contributed by atoms with E-state index in [2.05, 4.69) is 21.6 Å². The topological polar surface area (TPSA) is 85.5 Å². The first-order valence-corrected chi connectivity index (χ1v) is 8.97. The van der Waals surface area contributed by atoms with E-state index in [1.165, 1.54) is 0 Å². The Morgan fingerprint density at radius 3 is 2.74 bits per heavy atom. The number of ether oxygens (including phenoxy) is 3. The van der Waals surface area contributed by atoms with Crippen LogP contribution in [-0.2, 0) is 4.79 Å². The molecule has 0 saturated carbocycles. The smallest absolute Gasteiger partial charge is 0.225 e. The second-order valence-electron chi connectivity index (χ2n) is 6.79. The van der Waals surface area contributed by atoms with E-state index in [1.54, 1.807) is 13.3 Å². The Morgan fingerprint density at radius 1 is 1.11 bits per heavy atom. The van der Waals surface area contributed by atoms with Gasteiger partial charge in [0.05, 0.1) is 32.0 Å². The summed E-state index contributed by atoms with van der Waals surface area (Å²) in [6.07, 6.45) is 2.96. The molecule has 0 saturated heterocycles. The molecule has 1 amide bonds. The molecular weight excluding hydrogens is 346 g/mol. The maximum Gasteiger partial charge on any atom is 0.225 e. The van der Waals surface area contributed by atoms with Crippen LogP contribution >= 0.6 is 0 Å². The number of aromatic nitrogens is 2. The summed E-state index contributed by atoms with van der Waals surface area (Å²) in [7, 11) is 1.63. The summed E-state index contributed by atoms with van der Waals surface area (Å²) >= 11 is 0. The number of carbonyl (C=O) groups excluding carboxylic acids is 1. The van der Waals surface area contributed by atoms with E-state index in [1.807, 2.05) is 18.2 Å². The van der Waals surface area contributed by atoms with E-state index < -0.39 is 0 Å². The molecule has 3 aromatic rings. The van der Waals surface area contributed by atoms with E-state index in [4.69, 9.17) is 14.2 Å². The molecule has 1 aromatic heterocycles. The van der Waals surface area contributed by atoms with E-state index >= 15 is 0 Å². The van der Waals surface area contributed by atoms with Crippen LogP contribution in [0, 0.1) is 0 Å². The number of nitrogens with zero attached hydrogens (tertiary/aromatic N) is 1. The quantitative estimate of drug-likeness (QED) is 0.728. The molecule has 2 aliphatic rings. The number of benzene rings is 2. The molecule has 0 spiro atoms. The number of nitrogens with one attached hydrogen (secondary N) is 2. The number of rotatable bonds is 2. The average molecular weight is 365 g/mol. The third-order valence-electron chi connectivity index (χ3n) is 5.12. The number of hydrogen-bond donors (Lipinski definition) is 2. The fourth-order valence-electron chi connectivity index (χ4n) is 3.83. The largest absolute Gasteiger partial charge is 0.496 e. The number of hydrogen-bond acceptors (Lipinski definition) is 5. The van der Waals surface area contributed by atoms with Gasteiger partial charge in [-0.1, -0.05) is 0 Å². The van der Waals surface area contributed by atoms with Crippen molar-refractivity contribution in [1.82, 2.24) is 10.2 Å². The maximum absolute atomic E-state index is 12.4. The van der Waals surface area contributed by atoms with Gasteiger partial charge in [0.2, 0.25) is 5.91 Å². The van der Waals surface area contributed by atoms with Crippen molar-refractivity contribution in [2.24, 2.45) is 0 Å². The van der Waals surface area contributed by atoms with Crippen LogP contribution in [0.25, 0.3) is 10.9 Å². The normalized spacial score (nSPS) is 18.6. The summed E-state index contributed by atoms with van der Waals surface area (Å²) in [6, 6.07) is 7.81. The molecule has 1 atom stereocenters. The minimum Gasteiger partial charge on any atom is -0.496 e. The minimum absolute atomic E-state index is 0.0273. The Labute approximate surface area is 155 Å². The molecule has 0 bridgehead atoms. The van der Waals surface area contributed by atoms with Crippen LogP contribution in [0.3, 0.4) is 0 Å². The van der Waals surface area contributed by atoms with E-state index in [9.17, 15) is 4.79 Å². The molecule has 2 aromatic carbocycles. The van der Waals surface area contributed by atoms with Gasteiger partial charge >= 0.3 is 0 Å². The lowest BCUT2D eigenvalue weighted by Crippen LogP contribution is -2.23. The van der Waals surface area contributed by atoms with Gasteiger partial charge in [-0.3, -0.25) is 9.89 Å². The fourth-order valence-corrected chi connectivity index (χ4v) is 3.83. The van der Waals surface area contributed by atoms with Gasteiger partial charge in [0.25, 0.3) is 0 Å². The SMILES string of the molecule is COc1cc2c(cc1C1CC(=O)Nc3cc4[nH]ncc4cc31)OCCCO2. The molecule has 3 heterocycles. The first-order valence-electron chi connectivity index (χ1n) is 8.97. The maximum atomic E-state index is 12.4. The van der Waals surface area contributed by atoms with Crippen molar-refractivity contribution in [2.75, 3.05) is 25.6 Å². The highest BCUT2D eigenvalue weighted by Crippen LogP contribution is 2.46. The van der Waals surface area contributed by atoms with Crippen molar-refractivity contribution in [3.8, 4) is 17.2 Å². The van der Waals surface area contributed by atoms with Crippen LogP contribution in [0.5, 0.6) is 17.2 Å². The fraction of sp³-hybridized carbons (Fsp3) is 0.300. The van der Waals surface area contributed by atoms with E-state index in [-0.39, 0.29) is 11.8 Å². The Morgan fingerprint density at radius 2 is 1.93 bits per heavy atom. The summed E-state index contributed by atoms with van der Waals surface area (Å²) in [6.45, 7) is 1.22. The van der Waals surface area contributed by atoms with Crippen LogP contribution in [0.15, 0.2) is 30.5 Å². The number of H-pyrrole nitrogens is 1. The van der Waals surface area contributed by atoms with Crippen molar-refractivity contribution in [3.05, 3.63) is 41.6 Å². The van der Waals surface area contributed by atoms with Crippen molar-refractivity contribution in [1.29, 1.82) is 0 Å². The molecule has 138 valence electrons. The second kappa shape index (κ2) is 6.19. The first kappa shape index (κ1) is 16.0. The Bertz CT molecular complexity index is 1040. The van der Waals surface area contributed by atoms with Crippen molar-refractivity contribution in [2.45, 2.75) is 18.8 Å². The molecule has 2 N–H and O–H groups in total. The minimum atomic E-state index is -0.139. The van der Waals surface area contributed by atoms with Crippen molar-refractivity contribution < 1.29 is 19.0 Å². The summed E-state index contributed by atoms with van der Waals surface area (Å²) in [4.78, 5) is 12.4. The number of amides is 1. The van der Waals surface area contributed by atoms with Crippen molar-refractivity contribution in [3.63, 3.8) is 0 Å². The highest BCUT2D eigenvalue weighted by molar-refractivity contribution is 5.98. The Kier molecular flexibility index (Phi) is 3.67. The van der Waals surface area contributed by atoms with E-state index in [0.717, 1.165) is 34.1 Å². The number of carbonyl (C=O) groups is 1. The summed E-state index contributed by atoms with van der Waals surface area (Å²) in [5.74, 6) is 1.90. The monoisotopic (exact) mass is 365 g/mol. The predicted molar refractivity (Wildman–Crippen MR) is 99.8 cm³/mol. The lowest BCUT2D eigenvalue weighted by molar-refractivity contribution is -0.116. The zero-order valence-corrected chi connectivity index (χ0v) is 14.9. The molecule has 0 fully saturated rings. The van der Waals surface area contributed by atoms with Gasteiger partial charge < -0.3 is 19.5 Å². The van der Waals surface area contributed by atoms with Gasteiger partial charge in [0.15, 0.2) is 11.5 Å². The van der Waals surface area contributed by atoms with E-state index in [0.29, 0.717) is 36.9 Å². The van der Waals surface area contributed by atoms with Crippen LogP contribution in [-0.4, -0.2) is 36.4 Å². The van der Waals surface area contributed by atoms with Gasteiger partial charge in [-0.05, 0) is 23.8 Å². The molecule has 0 radical (unpaired) electrons. The molecule has 7 nitrogen and oxygen atoms in total. The van der Waals surface area contributed by atoms with Crippen LogP contribution in [0.4, 0.5) is 5.69 Å². The predicted octanol–water partition coefficient (Wildman–Crippen LogP) is 3.21. The highest BCUT2D eigenvalue weighted by Gasteiger charge is 2.31. The van der Waals surface area contributed by atoms with Gasteiger partial charge in [-0.25, -0.2) is 0 Å². The Hall–Kier alpha value is -3.22. The number of methoxy groups -OCH3 is 1. The number of aromatic amines is 1. The molecular formula is C20H19N3O4. The average Bonchev–Trinajstić information content (AvgIpc) is 3.00. The van der Waals surface area contributed by atoms with Crippen LogP contribution < -0.4 is 19.5 Å². The Balaban J connectivity index is 1.68. The zero-order valence-electron chi connectivity index (χ0n) is 14.9. The number of anilines is 1. The third-order valence-corrected chi connectivity index (χ3v) is 5.12.